The number of ketones is 1. The van der Waals surface area contributed by atoms with Crippen molar-refractivity contribution in [2.75, 3.05) is 0 Å². The minimum Gasteiger partial charge on any atom is -0.366 e. The van der Waals surface area contributed by atoms with Gasteiger partial charge in [0.15, 0.2) is 5.78 Å². The monoisotopic (exact) mass is 376 g/mol. The number of nitriles is 1. The van der Waals surface area contributed by atoms with Gasteiger partial charge < -0.3 is 11.4 Å². The van der Waals surface area contributed by atoms with Crippen molar-refractivity contribution in [1.29, 1.82) is 5.26 Å². The summed E-state index contributed by atoms with van der Waals surface area (Å²) < 4.78 is 0. The first kappa shape index (κ1) is 20.1. The van der Waals surface area contributed by atoms with Crippen LogP contribution in [0, 0.1) is 23.7 Å². The molecule has 0 aliphatic heterocycles. The Morgan fingerprint density at radius 2 is 1.96 bits per heavy atom. The van der Waals surface area contributed by atoms with E-state index >= 15 is 0 Å². The van der Waals surface area contributed by atoms with E-state index in [-0.39, 0.29) is 57.2 Å². The summed E-state index contributed by atoms with van der Waals surface area (Å²) in [6.07, 6.45) is 8.33. The molecule has 0 radical (unpaired) electrons. The average Bonchev–Trinajstić information content (AvgIpc) is 3.05. The fourth-order valence-electron chi connectivity index (χ4n) is 4.00. The summed E-state index contributed by atoms with van der Waals surface area (Å²) in [5, 5.41) is 10.0. The van der Waals surface area contributed by atoms with Crippen LogP contribution in [0.1, 0.15) is 64.6 Å². The third-order valence-electron chi connectivity index (χ3n) is 5.46. The van der Waals surface area contributed by atoms with Crippen LogP contribution in [0.4, 0.5) is 0 Å². The Bertz CT molecular complexity index is 1190. The van der Waals surface area contributed by atoms with Gasteiger partial charge in [-0.3, -0.25) is 10.7 Å². The second kappa shape index (κ2) is 7.06. The van der Waals surface area contributed by atoms with E-state index in [0.29, 0.717) is 16.7 Å². The quantitative estimate of drug-likeness (QED) is 0.397. The number of hydrogen-bond donors (Lipinski definition) is 1. The Labute approximate surface area is 201 Å². The van der Waals surface area contributed by atoms with Gasteiger partial charge in [0.25, 0.3) is 0 Å². The normalized spacial score (nSPS) is 13.9. The summed E-state index contributed by atoms with van der Waals surface area (Å²) in [6, 6.07) is 11.4. The molecule has 2 aromatic carbocycles. The van der Waals surface area contributed by atoms with Crippen LogP contribution in [0.25, 0.3) is 10.9 Å². The number of benzene rings is 2. The molecule has 27 heavy (non-hydrogen) atoms. The van der Waals surface area contributed by atoms with Crippen LogP contribution < -0.4 is 51.4 Å². The number of carbonyl (C=O) groups excluding carboxylic acids is 1. The number of H-pyrrole nitrogens is 1. The molecule has 4 heteroatoms. The SMILES string of the molecule is [C-]#Cc1cc2c(cc1CC)C(=O)c1c([nH]c3cc(C#N)ccc13)C2(C)C.[K+]. The standard InChI is InChI=1S/C23H17N2O.K/c1-5-14-10-17-18(11-15(14)6-2)23(3,4)22-20(21(17)26)16-8-7-13(12-24)9-19(16)25-22;/h7-11,25H,5H2,1,3-4H3;/q-1;+1. The van der Waals surface area contributed by atoms with Crippen molar-refractivity contribution >= 4 is 16.7 Å². The van der Waals surface area contributed by atoms with Crippen molar-refractivity contribution in [2.45, 2.75) is 32.6 Å². The summed E-state index contributed by atoms with van der Waals surface area (Å²) in [6.45, 7) is 6.18. The van der Waals surface area contributed by atoms with E-state index < -0.39 is 5.41 Å². The number of aryl methyl sites for hydroxylation is 1. The van der Waals surface area contributed by atoms with E-state index in [4.69, 9.17) is 11.7 Å². The molecular formula is C23H17KN2O. The molecule has 0 spiro atoms. The predicted molar refractivity (Wildman–Crippen MR) is 101 cm³/mol. The molecule has 0 saturated heterocycles. The van der Waals surface area contributed by atoms with E-state index in [1.165, 1.54) is 0 Å². The zero-order valence-electron chi connectivity index (χ0n) is 15.9. The number of aromatic amines is 1. The van der Waals surface area contributed by atoms with Gasteiger partial charge in [0.1, 0.15) is 0 Å². The largest absolute Gasteiger partial charge is 1.00 e. The van der Waals surface area contributed by atoms with E-state index in [1.807, 2.05) is 25.1 Å². The second-order valence-electron chi connectivity index (χ2n) is 7.23. The Balaban J connectivity index is 0.00000210. The molecule has 1 aromatic heterocycles. The number of fused-ring (bicyclic) bond motifs is 4. The first-order chi connectivity index (χ1) is 12.4. The van der Waals surface area contributed by atoms with Crippen LogP contribution in [-0.2, 0) is 11.8 Å². The van der Waals surface area contributed by atoms with Crippen LogP contribution >= 0.6 is 0 Å². The maximum atomic E-state index is 13.3. The molecule has 1 aliphatic rings. The molecule has 0 amide bonds. The number of hydrogen-bond acceptors (Lipinski definition) is 2. The number of nitrogens with one attached hydrogen (secondary N) is 1. The van der Waals surface area contributed by atoms with Crippen LogP contribution in [0.5, 0.6) is 0 Å². The fourth-order valence-corrected chi connectivity index (χ4v) is 4.00. The van der Waals surface area contributed by atoms with Crippen molar-refractivity contribution in [3.8, 4) is 12.0 Å². The van der Waals surface area contributed by atoms with Gasteiger partial charge >= 0.3 is 51.4 Å². The number of aromatic nitrogens is 1. The number of nitrogens with zero attached hydrogens (tertiary/aromatic N) is 1. The average molecular weight is 377 g/mol. The molecule has 0 saturated carbocycles. The van der Waals surface area contributed by atoms with Gasteiger partial charge in [-0.25, -0.2) is 0 Å². The molecule has 3 aromatic rings. The molecule has 0 unspecified atom stereocenters. The number of rotatable bonds is 1. The van der Waals surface area contributed by atoms with Crippen molar-refractivity contribution in [3.63, 3.8) is 0 Å². The maximum absolute atomic E-state index is 13.3. The summed E-state index contributed by atoms with van der Waals surface area (Å²) in [5.41, 5.74) is 5.80. The molecule has 1 N–H and O–H groups in total. The smallest absolute Gasteiger partial charge is 0.366 e. The molecule has 0 bridgehead atoms. The van der Waals surface area contributed by atoms with Crippen molar-refractivity contribution in [3.05, 3.63) is 75.8 Å². The molecular weight excluding hydrogens is 359 g/mol. The molecule has 4 rings (SSSR count). The van der Waals surface area contributed by atoms with Crippen LogP contribution in [0.2, 0.25) is 0 Å². The zero-order chi connectivity index (χ0) is 18.6. The Kier molecular flexibility index (Phi) is 5.25. The van der Waals surface area contributed by atoms with E-state index in [0.717, 1.165) is 39.7 Å². The van der Waals surface area contributed by atoms with Crippen LogP contribution in [-0.4, -0.2) is 10.8 Å². The molecule has 1 heterocycles. The van der Waals surface area contributed by atoms with Gasteiger partial charge in [-0.2, -0.15) is 5.26 Å². The second-order valence-corrected chi connectivity index (χ2v) is 7.23. The molecule has 1 aliphatic carbocycles. The zero-order valence-corrected chi connectivity index (χ0v) is 19.1. The first-order valence-electron chi connectivity index (χ1n) is 8.63. The van der Waals surface area contributed by atoms with Gasteiger partial charge in [0, 0.05) is 27.6 Å². The van der Waals surface area contributed by atoms with Gasteiger partial charge in [0.05, 0.1) is 17.2 Å². The third-order valence-corrected chi connectivity index (χ3v) is 5.46. The Morgan fingerprint density at radius 1 is 1.22 bits per heavy atom. The van der Waals surface area contributed by atoms with Gasteiger partial charge in [-0.05, 0) is 24.1 Å². The van der Waals surface area contributed by atoms with Crippen molar-refractivity contribution in [1.82, 2.24) is 4.98 Å². The third kappa shape index (κ3) is 2.84. The topological polar surface area (TPSA) is 56.6 Å². The summed E-state index contributed by atoms with van der Waals surface area (Å²) in [7, 11) is 0. The molecule has 126 valence electrons. The minimum atomic E-state index is -0.414. The predicted octanol–water partition coefficient (Wildman–Crippen LogP) is 1.41. The molecule has 3 nitrogen and oxygen atoms in total. The fraction of sp³-hybridized carbons (Fsp3) is 0.217. The van der Waals surface area contributed by atoms with Crippen LogP contribution in [0.15, 0.2) is 30.3 Å². The summed E-state index contributed by atoms with van der Waals surface area (Å²) >= 11 is 0. The molecule has 0 fully saturated rings. The van der Waals surface area contributed by atoms with Crippen molar-refractivity contribution < 1.29 is 56.2 Å². The molecule has 0 atom stereocenters. The minimum absolute atomic E-state index is 0. The van der Waals surface area contributed by atoms with Gasteiger partial charge in [0.2, 0.25) is 0 Å². The van der Waals surface area contributed by atoms with Crippen molar-refractivity contribution in [2.24, 2.45) is 0 Å². The summed E-state index contributed by atoms with van der Waals surface area (Å²) in [4.78, 5) is 16.7. The van der Waals surface area contributed by atoms with E-state index in [1.54, 1.807) is 12.1 Å². The maximum Gasteiger partial charge on any atom is 1.00 e. The van der Waals surface area contributed by atoms with E-state index in [9.17, 15) is 4.79 Å². The van der Waals surface area contributed by atoms with E-state index in [2.05, 4.69) is 30.8 Å². The first-order valence-corrected chi connectivity index (χ1v) is 8.63. The Morgan fingerprint density at radius 3 is 2.59 bits per heavy atom. The van der Waals surface area contributed by atoms with Crippen LogP contribution in [0.3, 0.4) is 0 Å². The van der Waals surface area contributed by atoms with Gasteiger partial charge in [-0.1, -0.05) is 32.9 Å². The van der Waals surface area contributed by atoms with Gasteiger partial charge in [-0.15, -0.1) is 17.2 Å². The summed E-state index contributed by atoms with van der Waals surface area (Å²) in [5.74, 6) is 2.50. The Hall–Kier alpha value is -1.66. The number of carbonyl (C=O) groups is 1.